The molecule has 2 fully saturated rings. The Kier molecular flexibility index (Phi) is 6.34. The van der Waals surface area contributed by atoms with E-state index in [0.29, 0.717) is 19.5 Å². The molecule has 2 saturated heterocycles. The van der Waals surface area contributed by atoms with Crippen LogP contribution >= 0.6 is 0 Å². The lowest BCUT2D eigenvalue weighted by Gasteiger charge is -2.46. The second kappa shape index (κ2) is 8.59. The van der Waals surface area contributed by atoms with Crippen molar-refractivity contribution in [2.45, 2.75) is 57.9 Å². The van der Waals surface area contributed by atoms with Gasteiger partial charge < -0.3 is 19.3 Å². The highest BCUT2D eigenvalue weighted by Gasteiger charge is 2.48. The predicted molar refractivity (Wildman–Crippen MR) is 107 cm³/mol. The highest BCUT2D eigenvalue weighted by Crippen LogP contribution is 2.36. The summed E-state index contributed by atoms with van der Waals surface area (Å²) in [6.45, 7) is 6.97. The first kappa shape index (κ1) is 21.4. The number of hydrogen-bond acceptors (Lipinski definition) is 4. The van der Waals surface area contributed by atoms with Gasteiger partial charge in [-0.2, -0.15) is 0 Å². The van der Waals surface area contributed by atoms with Gasteiger partial charge in [0.05, 0.1) is 13.1 Å². The van der Waals surface area contributed by atoms with Crippen molar-refractivity contribution in [2.24, 2.45) is 5.92 Å². The van der Waals surface area contributed by atoms with Crippen LogP contribution < -0.4 is 0 Å². The lowest BCUT2D eigenvalue weighted by molar-refractivity contribution is -0.0638. The summed E-state index contributed by atoms with van der Waals surface area (Å²) in [4.78, 5) is 27.3. The smallest absolute Gasteiger partial charge is 0.410 e. The lowest BCUT2D eigenvalue weighted by Crippen LogP contribution is -2.62. The highest BCUT2D eigenvalue weighted by molar-refractivity contribution is 5.69. The third-order valence-electron chi connectivity index (χ3n) is 5.33. The number of ether oxygens (including phenoxy) is 2. The first-order valence-corrected chi connectivity index (χ1v) is 10.3. The molecule has 0 atom stereocenters. The van der Waals surface area contributed by atoms with Crippen LogP contribution in [0.25, 0.3) is 0 Å². The SMILES string of the molecule is CC(C)(C)OC(=O)N1CC(F)(CC2CCN(C(=O)OCc3ccccc3)CC2)C1. The molecule has 1 aromatic rings. The number of likely N-dealkylation sites (tertiary alicyclic amines) is 2. The molecule has 0 N–H and O–H groups in total. The Bertz CT molecular complexity index is 705. The molecule has 1 aromatic carbocycles. The van der Waals surface area contributed by atoms with E-state index in [4.69, 9.17) is 9.47 Å². The zero-order valence-corrected chi connectivity index (χ0v) is 17.5. The average Bonchev–Trinajstić information content (AvgIpc) is 2.64. The largest absolute Gasteiger partial charge is 0.445 e. The van der Waals surface area contributed by atoms with Crippen LogP contribution in [0.5, 0.6) is 0 Å². The zero-order chi connectivity index (χ0) is 21.1. The minimum atomic E-state index is -1.35. The van der Waals surface area contributed by atoms with E-state index in [-0.39, 0.29) is 31.7 Å². The molecule has 7 heteroatoms. The van der Waals surface area contributed by atoms with E-state index in [9.17, 15) is 14.0 Å². The predicted octanol–water partition coefficient (Wildman–Crippen LogP) is 4.38. The topological polar surface area (TPSA) is 59.1 Å². The summed E-state index contributed by atoms with van der Waals surface area (Å²) in [5, 5.41) is 0. The maximum atomic E-state index is 14.9. The van der Waals surface area contributed by atoms with Crippen LogP contribution in [0.4, 0.5) is 14.0 Å². The lowest BCUT2D eigenvalue weighted by atomic mass is 9.81. The molecule has 2 aliphatic heterocycles. The van der Waals surface area contributed by atoms with Crippen LogP contribution in [0.3, 0.4) is 0 Å². The molecule has 0 bridgehead atoms. The quantitative estimate of drug-likeness (QED) is 0.744. The number of carbonyl (C=O) groups excluding carboxylic acids is 2. The van der Waals surface area contributed by atoms with Gasteiger partial charge in [-0.1, -0.05) is 30.3 Å². The Morgan fingerprint density at radius 1 is 1.07 bits per heavy atom. The van der Waals surface area contributed by atoms with Gasteiger partial charge in [-0.15, -0.1) is 0 Å². The number of rotatable bonds is 4. The number of halogens is 1. The van der Waals surface area contributed by atoms with Gasteiger partial charge in [0.1, 0.15) is 17.9 Å². The van der Waals surface area contributed by atoms with Crippen molar-refractivity contribution >= 4 is 12.2 Å². The summed E-state index contributed by atoms with van der Waals surface area (Å²) in [6, 6.07) is 9.57. The summed E-state index contributed by atoms with van der Waals surface area (Å²) >= 11 is 0. The molecule has 0 radical (unpaired) electrons. The van der Waals surface area contributed by atoms with E-state index in [1.807, 2.05) is 30.3 Å². The van der Waals surface area contributed by atoms with Crippen molar-refractivity contribution in [3.8, 4) is 0 Å². The van der Waals surface area contributed by atoms with Gasteiger partial charge in [0.2, 0.25) is 0 Å². The molecule has 29 heavy (non-hydrogen) atoms. The Morgan fingerprint density at radius 3 is 2.28 bits per heavy atom. The molecule has 2 heterocycles. The van der Waals surface area contributed by atoms with E-state index in [1.165, 1.54) is 4.90 Å². The molecule has 0 unspecified atom stereocenters. The first-order valence-electron chi connectivity index (χ1n) is 10.3. The molecule has 6 nitrogen and oxygen atoms in total. The van der Waals surface area contributed by atoms with Gasteiger partial charge in [-0.25, -0.2) is 14.0 Å². The minimum Gasteiger partial charge on any atom is -0.445 e. The summed E-state index contributed by atoms with van der Waals surface area (Å²) < 4.78 is 25.6. The minimum absolute atomic E-state index is 0.0846. The van der Waals surface area contributed by atoms with Gasteiger partial charge in [0, 0.05) is 13.1 Å². The average molecular weight is 406 g/mol. The van der Waals surface area contributed by atoms with Crippen molar-refractivity contribution in [1.29, 1.82) is 0 Å². The second-order valence-electron chi connectivity index (χ2n) is 9.16. The fourth-order valence-corrected chi connectivity index (χ4v) is 3.87. The van der Waals surface area contributed by atoms with Crippen LogP contribution in [0.2, 0.25) is 0 Å². The van der Waals surface area contributed by atoms with Crippen LogP contribution in [0.1, 0.15) is 45.6 Å². The number of nitrogens with zero attached hydrogens (tertiary/aromatic N) is 2. The van der Waals surface area contributed by atoms with Crippen LogP contribution in [0, 0.1) is 5.92 Å². The molecular formula is C22H31FN2O4. The molecule has 2 aliphatic rings. The highest BCUT2D eigenvalue weighted by atomic mass is 19.1. The van der Waals surface area contributed by atoms with Crippen LogP contribution in [-0.2, 0) is 16.1 Å². The molecule has 0 spiro atoms. The maximum Gasteiger partial charge on any atom is 0.410 e. The fourth-order valence-electron chi connectivity index (χ4n) is 3.87. The van der Waals surface area contributed by atoms with Gasteiger partial charge in [0.25, 0.3) is 0 Å². The number of alkyl halides is 1. The van der Waals surface area contributed by atoms with Crippen LogP contribution in [-0.4, -0.2) is 59.4 Å². The second-order valence-corrected chi connectivity index (χ2v) is 9.16. The van der Waals surface area contributed by atoms with Crippen molar-refractivity contribution in [2.75, 3.05) is 26.2 Å². The maximum absolute atomic E-state index is 14.9. The molecule has 3 rings (SSSR count). The Labute approximate surface area is 171 Å². The summed E-state index contributed by atoms with van der Waals surface area (Å²) in [7, 11) is 0. The Morgan fingerprint density at radius 2 is 1.69 bits per heavy atom. The fraction of sp³-hybridized carbons (Fsp3) is 0.636. The number of amides is 2. The van der Waals surface area contributed by atoms with Crippen molar-refractivity contribution < 1.29 is 23.5 Å². The number of hydrogen-bond donors (Lipinski definition) is 0. The zero-order valence-electron chi connectivity index (χ0n) is 17.5. The number of piperidine rings is 1. The molecule has 0 saturated carbocycles. The van der Waals surface area contributed by atoms with Crippen molar-refractivity contribution in [1.82, 2.24) is 9.80 Å². The van der Waals surface area contributed by atoms with Crippen LogP contribution in [0.15, 0.2) is 30.3 Å². The van der Waals surface area contributed by atoms with E-state index < -0.39 is 17.4 Å². The molecule has 160 valence electrons. The monoisotopic (exact) mass is 406 g/mol. The molecule has 0 aromatic heterocycles. The normalized spacial score (nSPS) is 19.4. The third-order valence-corrected chi connectivity index (χ3v) is 5.33. The summed E-state index contributed by atoms with van der Waals surface area (Å²) in [6.07, 6.45) is 1.14. The van der Waals surface area contributed by atoms with E-state index in [1.54, 1.807) is 25.7 Å². The summed E-state index contributed by atoms with van der Waals surface area (Å²) in [5.74, 6) is 0.207. The Balaban J connectivity index is 1.37. The Hall–Kier alpha value is -2.31. The van der Waals surface area contributed by atoms with E-state index in [2.05, 4.69) is 0 Å². The molecule has 0 aliphatic carbocycles. The van der Waals surface area contributed by atoms with Crippen molar-refractivity contribution in [3.63, 3.8) is 0 Å². The van der Waals surface area contributed by atoms with Gasteiger partial charge in [-0.05, 0) is 51.5 Å². The van der Waals surface area contributed by atoms with Gasteiger partial charge in [0.15, 0.2) is 0 Å². The number of benzene rings is 1. The number of carbonyl (C=O) groups is 2. The molecule has 2 amide bonds. The van der Waals surface area contributed by atoms with Gasteiger partial charge in [-0.3, -0.25) is 0 Å². The third kappa shape index (κ3) is 6.08. The first-order chi connectivity index (χ1) is 13.6. The van der Waals surface area contributed by atoms with Gasteiger partial charge >= 0.3 is 12.2 Å². The van der Waals surface area contributed by atoms with Crippen molar-refractivity contribution in [3.05, 3.63) is 35.9 Å². The molecular weight excluding hydrogens is 375 g/mol. The standard InChI is InChI=1S/C22H31FN2O4/c1-21(2,3)29-20(27)25-15-22(23,16-25)13-17-9-11-24(12-10-17)19(26)28-14-18-7-5-4-6-8-18/h4-8,17H,9-16H2,1-3H3. The van der Waals surface area contributed by atoms with E-state index >= 15 is 0 Å². The summed E-state index contributed by atoms with van der Waals surface area (Å²) in [5.41, 5.74) is -0.972. The van der Waals surface area contributed by atoms with E-state index in [0.717, 1.165) is 18.4 Å².